The highest BCUT2D eigenvalue weighted by Gasteiger charge is 2.73. The summed E-state index contributed by atoms with van der Waals surface area (Å²) in [6.45, 7) is 13.6. The molecule has 3 saturated heterocycles. The molecule has 0 spiro atoms. The summed E-state index contributed by atoms with van der Waals surface area (Å²) in [5.74, 6) is -1.70. The second-order valence-corrected chi connectivity index (χ2v) is 13.8. The fraction of sp³-hybridized carbons (Fsp3) is 0.882. The minimum Gasteiger partial charge on any atom is -0.417 e. The molecule has 0 amide bonds. The van der Waals surface area contributed by atoms with Gasteiger partial charge >= 0.3 is 11.9 Å². The Bertz CT molecular complexity index is 552. The fourth-order valence-electron chi connectivity index (χ4n) is 4.11. The number of carbonyl (C=O) groups is 2. The van der Waals surface area contributed by atoms with E-state index in [9.17, 15) is 9.59 Å². The lowest BCUT2D eigenvalue weighted by Gasteiger charge is -2.37. The standard InChI is InChI=1S/C17H28O5Si/c1-15(2,3)23(5,6)20-10-9-17-8-7-16(4,22-17)11-12(17)14(19)21-13(11)18/h11-12H,7-10H2,1-6H3/t11-,12+,16?,17-/m0/s1. The second kappa shape index (κ2) is 4.89. The van der Waals surface area contributed by atoms with Crippen LogP contribution in [0, 0.1) is 11.8 Å². The topological polar surface area (TPSA) is 61.8 Å². The SMILES string of the molecule is CC12CC[C@@](CCO[Si](C)(C)C(C)(C)C)(O1)[C@H]1C(=O)OC(=O)[C@H]12. The Morgan fingerprint density at radius 1 is 1.17 bits per heavy atom. The van der Waals surface area contributed by atoms with Gasteiger partial charge in [-0.05, 0) is 44.3 Å². The third-order valence-corrected chi connectivity index (χ3v) is 11.1. The van der Waals surface area contributed by atoms with Crippen LogP contribution in [0.1, 0.15) is 47.0 Å². The number of ether oxygens (including phenoxy) is 2. The van der Waals surface area contributed by atoms with Crippen LogP contribution in [0.25, 0.3) is 0 Å². The highest BCUT2D eigenvalue weighted by atomic mass is 28.4. The molecule has 130 valence electrons. The van der Waals surface area contributed by atoms with Crippen LogP contribution in [0.2, 0.25) is 18.1 Å². The Balaban J connectivity index is 1.73. The lowest BCUT2D eigenvalue weighted by atomic mass is 9.67. The van der Waals surface area contributed by atoms with Crippen LogP contribution in [0.5, 0.6) is 0 Å². The van der Waals surface area contributed by atoms with Crippen molar-refractivity contribution in [2.75, 3.05) is 6.61 Å². The maximum absolute atomic E-state index is 12.2. The minimum absolute atomic E-state index is 0.149. The average Bonchev–Trinajstić information content (AvgIpc) is 2.96. The quantitative estimate of drug-likeness (QED) is 0.447. The summed E-state index contributed by atoms with van der Waals surface area (Å²) >= 11 is 0. The van der Waals surface area contributed by atoms with Crippen LogP contribution in [0.15, 0.2) is 0 Å². The Morgan fingerprint density at radius 2 is 1.78 bits per heavy atom. The van der Waals surface area contributed by atoms with Crippen LogP contribution in [0.4, 0.5) is 0 Å². The van der Waals surface area contributed by atoms with E-state index in [0.717, 1.165) is 12.8 Å². The van der Waals surface area contributed by atoms with Gasteiger partial charge in [-0.2, -0.15) is 0 Å². The van der Waals surface area contributed by atoms with Crippen molar-refractivity contribution >= 4 is 20.3 Å². The number of hydrogen-bond donors (Lipinski definition) is 0. The zero-order valence-electron chi connectivity index (χ0n) is 15.0. The number of rotatable bonds is 4. The molecule has 4 atom stereocenters. The first-order chi connectivity index (χ1) is 10.4. The van der Waals surface area contributed by atoms with Gasteiger partial charge in [-0.3, -0.25) is 9.59 Å². The van der Waals surface area contributed by atoms with Gasteiger partial charge in [-0.25, -0.2) is 0 Å². The minimum atomic E-state index is -1.83. The van der Waals surface area contributed by atoms with Crippen LogP contribution in [0.3, 0.4) is 0 Å². The highest BCUT2D eigenvalue weighted by Crippen LogP contribution is 2.61. The number of cyclic esters (lactones) is 2. The number of fused-ring (bicyclic) bond motifs is 5. The van der Waals surface area contributed by atoms with Gasteiger partial charge in [0.15, 0.2) is 8.32 Å². The number of esters is 2. The van der Waals surface area contributed by atoms with Gasteiger partial charge < -0.3 is 13.9 Å². The van der Waals surface area contributed by atoms with Gasteiger partial charge in [0.2, 0.25) is 0 Å². The molecule has 0 aliphatic carbocycles. The lowest BCUT2D eigenvalue weighted by Crippen LogP contribution is -2.45. The van der Waals surface area contributed by atoms with E-state index in [2.05, 4.69) is 33.9 Å². The molecule has 2 bridgehead atoms. The molecule has 0 N–H and O–H groups in total. The summed E-state index contributed by atoms with van der Waals surface area (Å²) in [6.07, 6.45) is 2.25. The van der Waals surface area contributed by atoms with E-state index in [0.29, 0.717) is 13.0 Å². The predicted molar refractivity (Wildman–Crippen MR) is 87.3 cm³/mol. The maximum atomic E-state index is 12.2. The number of carbonyl (C=O) groups excluding carboxylic acids is 2. The normalized spacial score (nSPS) is 39.7. The van der Waals surface area contributed by atoms with Crippen molar-refractivity contribution in [1.82, 2.24) is 0 Å². The molecule has 23 heavy (non-hydrogen) atoms. The Morgan fingerprint density at radius 3 is 2.39 bits per heavy atom. The molecule has 0 saturated carbocycles. The van der Waals surface area contributed by atoms with E-state index in [1.54, 1.807) is 0 Å². The highest BCUT2D eigenvalue weighted by molar-refractivity contribution is 6.74. The van der Waals surface area contributed by atoms with Crippen molar-refractivity contribution in [3.63, 3.8) is 0 Å². The molecular weight excluding hydrogens is 312 g/mol. The fourth-order valence-corrected chi connectivity index (χ4v) is 5.16. The molecule has 0 aromatic carbocycles. The molecular formula is C17H28O5Si. The van der Waals surface area contributed by atoms with Gasteiger partial charge in [0, 0.05) is 6.61 Å². The van der Waals surface area contributed by atoms with Crippen molar-refractivity contribution in [3.05, 3.63) is 0 Å². The molecule has 3 heterocycles. The van der Waals surface area contributed by atoms with Crippen LogP contribution in [-0.2, 0) is 23.5 Å². The molecule has 0 radical (unpaired) electrons. The number of hydrogen-bond acceptors (Lipinski definition) is 5. The van der Waals surface area contributed by atoms with Gasteiger partial charge in [0.1, 0.15) is 11.8 Å². The summed E-state index contributed by atoms with van der Waals surface area (Å²) in [7, 11) is -1.83. The van der Waals surface area contributed by atoms with Gasteiger partial charge in [0.05, 0.1) is 11.2 Å². The molecule has 1 unspecified atom stereocenters. The summed E-state index contributed by atoms with van der Waals surface area (Å²) < 4.78 is 17.4. The smallest absolute Gasteiger partial charge is 0.320 e. The molecule has 5 nitrogen and oxygen atoms in total. The van der Waals surface area contributed by atoms with E-state index in [1.165, 1.54) is 0 Å². The summed E-state index contributed by atoms with van der Waals surface area (Å²) in [5.41, 5.74) is -1.13. The zero-order chi connectivity index (χ0) is 17.3. The van der Waals surface area contributed by atoms with Crippen molar-refractivity contribution in [2.24, 2.45) is 11.8 Å². The molecule has 3 aliphatic heterocycles. The van der Waals surface area contributed by atoms with Crippen molar-refractivity contribution in [2.45, 2.75) is 76.3 Å². The Hall–Kier alpha value is -0.723. The van der Waals surface area contributed by atoms with E-state index < -0.39 is 43.3 Å². The summed E-state index contributed by atoms with van der Waals surface area (Å²) in [4.78, 5) is 24.2. The van der Waals surface area contributed by atoms with Crippen molar-refractivity contribution < 1.29 is 23.5 Å². The van der Waals surface area contributed by atoms with Gasteiger partial charge in [-0.15, -0.1) is 0 Å². The monoisotopic (exact) mass is 340 g/mol. The Labute approximate surface area is 139 Å². The first-order valence-corrected chi connectivity index (χ1v) is 11.4. The molecule has 0 aromatic rings. The van der Waals surface area contributed by atoms with Crippen LogP contribution in [-0.4, -0.2) is 38.1 Å². The van der Waals surface area contributed by atoms with Crippen molar-refractivity contribution in [3.8, 4) is 0 Å². The van der Waals surface area contributed by atoms with E-state index in [1.807, 2.05) is 6.92 Å². The zero-order valence-corrected chi connectivity index (χ0v) is 16.0. The maximum Gasteiger partial charge on any atom is 0.320 e. The van der Waals surface area contributed by atoms with Crippen LogP contribution >= 0.6 is 0 Å². The van der Waals surface area contributed by atoms with E-state index in [-0.39, 0.29) is 5.04 Å². The lowest BCUT2D eigenvalue weighted by molar-refractivity contribution is -0.162. The van der Waals surface area contributed by atoms with Gasteiger partial charge in [-0.1, -0.05) is 20.8 Å². The summed E-state index contributed by atoms with van der Waals surface area (Å²) in [6, 6.07) is 0. The van der Waals surface area contributed by atoms with Gasteiger partial charge in [0.25, 0.3) is 0 Å². The van der Waals surface area contributed by atoms with E-state index in [4.69, 9.17) is 13.9 Å². The first kappa shape index (κ1) is 17.1. The van der Waals surface area contributed by atoms with E-state index >= 15 is 0 Å². The molecule has 0 aromatic heterocycles. The predicted octanol–water partition coefficient (Wildman–Crippen LogP) is 3.04. The third kappa shape index (κ3) is 2.41. The largest absolute Gasteiger partial charge is 0.417 e. The Kier molecular flexibility index (Phi) is 3.64. The molecule has 3 aliphatic rings. The summed E-state index contributed by atoms with van der Waals surface area (Å²) in [5, 5.41) is 0.149. The third-order valence-electron chi connectivity index (χ3n) is 6.54. The molecule has 3 fully saturated rings. The average molecular weight is 340 g/mol. The molecule has 6 heteroatoms. The first-order valence-electron chi connectivity index (χ1n) is 8.52. The van der Waals surface area contributed by atoms with Crippen LogP contribution < -0.4 is 0 Å². The second-order valence-electron chi connectivity index (χ2n) is 9.03. The van der Waals surface area contributed by atoms with Crippen molar-refractivity contribution in [1.29, 1.82) is 0 Å². The molecule has 3 rings (SSSR count).